The number of likely N-dealkylation sites (tertiary alicyclic amines) is 1. The van der Waals surface area contributed by atoms with Gasteiger partial charge in [0.25, 0.3) is 0 Å². The van der Waals surface area contributed by atoms with Gasteiger partial charge in [0.2, 0.25) is 5.91 Å². The summed E-state index contributed by atoms with van der Waals surface area (Å²) in [6.07, 6.45) is 11.8. The number of carbonyl (C=O) groups excluding carboxylic acids is 1. The molecule has 2 aliphatic heterocycles. The van der Waals surface area contributed by atoms with Crippen LogP contribution >= 0.6 is 0 Å². The van der Waals surface area contributed by atoms with Gasteiger partial charge in [-0.15, -0.1) is 0 Å². The highest BCUT2D eigenvalue weighted by molar-refractivity contribution is 5.76. The Balaban J connectivity index is 1.25. The van der Waals surface area contributed by atoms with Crippen LogP contribution in [0.15, 0.2) is 34.9 Å². The number of amides is 1. The van der Waals surface area contributed by atoms with Crippen molar-refractivity contribution in [3.8, 4) is 11.3 Å². The molecule has 0 bridgehead atoms. The molecule has 1 unspecified atom stereocenters. The van der Waals surface area contributed by atoms with Gasteiger partial charge in [0, 0.05) is 23.2 Å². The standard InChI is InChI=1S/C26H38N2O3/c1-2-23(29)17-26(30)27-22-11-9-19(10-12-22)13-15-28-14-4-3-7-24(28)21-16-20-6-5-8-25(20)31-18-21/h5-6,8,16,18-19,22-24,29H,2-4,7,9-15,17H2,1H3,(H,27,30)/t19?,22?,23-,24?/m0/s1. The number of hydrogen-bond donors (Lipinski definition) is 2. The summed E-state index contributed by atoms with van der Waals surface area (Å²) in [7, 11) is 0. The highest BCUT2D eigenvalue weighted by atomic mass is 16.3. The molecule has 5 nitrogen and oxygen atoms in total. The van der Waals surface area contributed by atoms with Crippen molar-refractivity contribution in [1.29, 1.82) is 0 Å². The molecule has 0 radical (unpaired) electrons. The van der Waals surface area contributed by atoms with Crippen molar-refractivity contribution in [2.75, 3.05) is 13.1 Å². The van der Waals surface area contributed by atoms with Gasteiger partial charge in [0.15, 0.2) is 0 Å². The maximum Gasteiger partial charge on any atom is 0.222 e. The minimum Gasteiger partial charge on any atom is -0.464 e. The van der Waals surface area contributed by atoms with Crippen LogP contribution in [0.2, 0.25) is 0 Å². The topological polar surface area (TPSA) is 65.7 Å². The summed E-state index contributed by atoms with van der Waals surface area (Å²) in [5.74, 6) is 1.72. The van der Waals surface area contributed by atoms with E-state index in [0.29, 0.717) is 12.5 Å². The molecule has 1 saturated carbocycles. The van der Waals surface area contributed by atoms with Crippen LogP contribution in [0.4, 0.5) is 0 Å². The third kappa shape index (κ3) is 5.89. The summed E-state index contributed by atoms with van der Waals surface area (Å²) in [5, 5.41) is 12.8. The minimum absolute atomic E-state index is 0.00108. The molecule has 4 rings (SSSR count). The number of hydrogen-bond acceptors (Lipinski definition) is 4. The first kappa shape index (κ1) is 22.3. The number of aliphatic hydroxyl groups excluding tert-OH is 1. The predicted molar refractivity (Wildman–Crippen MR) is 123 cm³/mol. The molecule has 31 heavy (non-hydrogen) atoms. The Labute approximate surface area is 186 Å². The Morgan fingerprint density at radius 2 is 2.06 bits per heavy atom. The van der Waals surface area contributed by atoms with E-state index in [1.54, 1.807) is 0 Å². The highest BCUT2D eigenvalue weighted by Gasteiger charge is 2.28. The summed E-state index contributed by atoms with van der Waals surface area (Å²) in [6.45, 7) is 4.23. The molecule has 4 aliphatic rings. The molecule has 0 aromatic carbocycles. The Morgan fingerprint density at radius 1 is 1.23 bits per heavy atom. The molecule has 1 saturated heterocycles. The van der Waals surface area contributed by atoms with Gasteiger partial charge in [-0.1, -0.05) is 25.5 Å². The second kappa shape index (κ2) is 10.6. The quantitative estimate of drug-likeness (QED) is 0.614. The van der Waals surface area contributed by atoms with Gasteiger partial charge < -0.3 is 14.8 Å². The molecule has 0 spiro atoms. The van der Waals surface area contributed by atoms with Crippen molar-refractivity contribution in [2.24, 2.45) is 5.92 Å². The fraction of sp³-hybridized carbons (Fsp3) is 0.654. The van der Waals surface area contributed by atoms with Crippen LogP contribution in [0, 0.1) is 5.92 Å². The lowest BCUT2D eigenvalue weighted by Gasteiger charge is -2.37. The average molecular weight is 427 g/mol. The van der Waals surface area contributed by atoms with E-state index < -0.39 is 6.10 Å². The van der Waals surface area contributed by atoms with Crippen molar-refractivity contribution in [1.82, 2.24) is 10.2 Å². The third-order valence-corrected chi connectivity index (χ3v) is 7.38. The maximum atomic E-state index is 12.0. The summed E-state index contributed by atoms with van der Waals surface area (Å²) in [4.78, 5) is 14.7. The minimum atomic E-state index is -0.513. The second-order valence-corrected chi connectivity index (χ2v) is 9.61. The summed E-state index contributed by atoms with van der Waals surface area (Å²) in [6, 6.07) is 9.29. The van der Waals surface area contributed by atoms with E-state index in [9.17, 15) is 9.90 Å². The second-order valence-electron chi connectivity index (χ2n) is 9.61. The molecule has 2 atom stereocenters. The average Bonchev–Trinajstić information content (AvgIpc) is 3.26. The van der Waals surface area contributed by atoms with E-state index in [1.807, 2.05) is 19.3 Å². The molecular weight excluding hydrogens is 388 g/mol. The monoisotopic (exact) mass is 426 g/mol. The number of piperidine rings is 1. The van der Waals surface area contributed by atoms with Crippen molar-refractivity contribution in [2.45, 2.75) is 89.3 Å². The molecule has 2 heterocycles. The van der Waals surface area contributed by atoms with Crippen LogP contribution in [0.5, 0.6) is 0 Å². The smallest absolute Gasteiger partial charge is 0.222 e. The van der Waals surface area contributed by atoms with Crippen LogP contribution in [-0.2, 0) is 4.79 Å². The maximum absolute atomic E-state index is 12.0. The van der Waals surface area contributed by atoms with Crippen molar-refractivity contribution >= 4 is 5.91 Å². The molecular formula is C26H38N2O3. The number of aliphatic hydroxyl groups is 1. The first-order valence-corrected chi connectivity index (χ1v) is 12.3. The Kier molecular flexibility index (Phi) is 7.67. The number of rotatable bonds is 8. The zero-order valence-corrected chi connectivity index (χ0v) is 18.9. The molecule has 2 fully saturated rings. The SMILES string of the molecule is CC[C@H](O)CC(=O)NC1CCC(CCN2CCCCC2c2coc3cccc-3c2)CC1. The zero-order valence-electron chi connectivity index (χ0n) is 18.9. The van der Waals surface area contributed by atoms with Crippen molar-refractivity contribution in [3.63, 3.8) is 0 Å². The van der Waals surface area contributed by atoms with Gasteiger partial charge in [-0.2, -0.15) is 0 Å². The Bertz CT molecular complexity index is 796. The number of fused-ring (bicyclic) bond motifs is 1. The van der Waals surface area contributed by atoms with E-state index in [2.05, 4.69) is 28.4 Å². The zero-order chi connectivity index (χ0) is 21.6. The molecule has 2 N–H and O–H groups in total. The van der Waals surface area contributed by atoms with Gasteiger partial charge in [-0.25, -0.2) is 0 Å². The first-order valence-electron chi connectivity index (χ1n) is 12.3. The predicted octanol–water partition coefficient (Wildman–Crippen LogP) is 5.14. The van der Waals surface area contributed by atoms with E-state index in [-0.39, 0.29) is 18.4 Å². The van der Waals surface area contributed by atoms with E-state index in [1.165, 1.54) is 56.2 Å². The van der Waals surface area contributed by atoms with Gasteiger partial charge in [0.05, 0.1) is 18.8 Å². The largest absolute Gasteiger partial charge is 0.464 e. The Morgan fingerprint density at radius 3 is 2.87 bits per heavy atom. The molecule has 1 amide bonds. The van der Waals surface area contributed by atoms with E-state index >= 15 is 0 Å². The number of nitrogens with zero attached hydrogens (tertiary/aromatic N) is 1. The first-order chi connectivity index (χ1) is 15.1. The van der Waals surface area contributed by atoms with Crippen LogP contribution in [0.25, 0.3) is 11.3 Å². The normalized spacial score (nSPS) is 26.1. The molecule has 0 aromatic rings. The van der Waals surface area contributed by atoms with Crippen LogP contribution < -0.4 is 5.32 Å². The fourth-order valence-corrected chi connectivity index (χ4v) is 5.39. The van der Waals surface area contributed by atoms with E-state index in [4.69, 9.17) is 4.42 Å². The van der Waals surface area contributed by atoms with Crippen molar-refractivity contribution in [3.05, 3.63) is 36.1 Å². The Hall–Kier alpha value is -1.85. The number of nitrogens with one attached hydrogen (secondary N) is 1. The summed E-state index contributed by atoms with van der Waals surface area (Å²) in [5.41, 5.74) is 2.52. The van der Waals surface area contributed by atoms with Crippen LogP contribution in [0.1, 0.15) is 82.7 Å². The molecule has 2 aliphatic carbocycles. The van der Waals surface area contributed by atoms with Gasteiger partial charge in [-0.05, 0) is 82.5 Å². The fourth-order valence-electron chi connectivity index (χ4n) is 5.39. The van der Waals surface area contributed by atoms with Gasteiger partial charge in [-0.3, -0.25) is 9.69 Å². The lowest BCUT2D eigenvalue weighted by Crippen LogP contribution is -2.39. The molecule has 170 valence electrons. The third-order valence-electron chi connectivity index (χ3n) is 7.38. The number of carbonyl (C=O) groups is 1. The summed E-state index contributed by atoms with van der Waals surface area (Å²) >= 11 is 0. The lowest BCUT2D eigenvalue weighted by molar-refractivity contribution is -0.124. The van der Waals surface area contributed by atoms with Gasteiger partial charge in [0.1, 0.15) is 5.76 Å². The van der Waals surface area contributed by atoms with Gasteiger partial charge >= 0.3 is 0 Å². The summed E-state index contributed by atoms with van der Waals surface area (Å²) < 4.78 is 5.88. The molecule has 0 aromatic heterocycles. The van der Waals surface area contributed by atoms with Crippen LogP contribution in [0.3, 0.4) is 0 Å². The van der Waals surface area contributed by atoms with Crippen molar-refractivity contribution < 1.29 is 14.3 Å². The van der Waals surface area contributed by atoms with Crippen LogP contribution in [-0.4, -0.2) is 41.1 Å². The van der Waals surface area contributed by atoms with E-state index in [0.717, 1.165) is 31.1 Å². The molecule has 5 heteroatoms. The highest BCUT2D eigenvalue weighted by Crippen LogP contribution is 2.36. The lowest BCUT2D eigenvalue weighted by atomic mass is 9.83.